The van der Waals surface area contributed by atoms with E-state index < -0.39 is 29.5 Å². The van der Waals surface area contributed by atoms with E-state index >= 15 is 0 Å². The van der Waals surface area contributed by atoms with E-state index in [0.717, 1.165) is 12.1 Å². The number of halogens is 2. The Kier molecular flexibility index (Phi) is 6.87. The molecule has 2 rings (SSSR count). The highest BCUT2D eigenvalue weighted by molar-refractivity contribution is 6.01. The van der Waals surface area contributed by atoms with Crippen molar-refractivity contribution in [2.24, 2.45) is 5.92 Å². The average molecular weight is 376 g/mol. The molecule has 0 aliphatic rings. The Morgan fingerprint density at radius 1 is 1.07 bits per heavy atom. The van der Waals surface area contributed by atoms with E-state index in [0.29, 0.717) is 24.0 Å². The van der Waals surface area contributed by atoms with Gasteiger partial charge in [0.15, 0.2) is 0 Å². The first-order valence-corrected chi connectivity index (χ1v) is 8.61. The summed E-state index contributed by atoms with van der Waals surface area (Å²) in [6.45, 7) is 5.88. The zero-order valence-electron chi connectivity index (χ0n) is 15.4. The Balaban J connectivity index is 2.09. The molecule has 0 aromatic heterocycles. The van der Waals surface area contributed by atoms with Gasteiger partial charge in [-0.2, -0.15) is 0 Å². The van der Waals surface area contributed by atoms with Gasteiger partial charge in [0.2, 0.25) is 5.91 Å². The highest BCUT2D eigenvalue weighted by Gasteiger charge is 2.25. The van der Waals surface area contributed by atoms with E-state index in [1.165, 1.54) is 0 Å². The van der Waals surface area contributed by atoms with E-state index in [1.54, 1.807) is 38.1 Å². The summed E-state index contributed by atoms with van der Waals surface area (Å²) in [5, 5.41) is 5.03. The van der Waals surface area contributed by atoms with Crippen molar-refractivity contribution in [3.63, 3.8) is 0 Å². The van der Waals surface area contributed by atoms with Gasteiger partial charge in [0, 0.05) is 11.6 Å². The predicted octanol–water partition coefficient (Wildman–Crippen LogP) is 3.76. The molecule has 2 amide bonds. The summed E-state index contributed by atoms with van der Waals surface area (Å²) >= 11 is 0. The lowest BCUT2D eigenvalue weighted by Gasteiger charge is -2.22. The lowest BCUT2D eigenvalue weighted by molar-refractivity contribution is -0.118. The van der Waals surface area contributed by atoms with E-state index in [-0.39, 0.29) is 11.6 Å². The van der Waals surface area contributed by atoms with Crippen LogP contribution in [0.15, 0.2) is 42.5 Å². The van der Waals surface area contributed by atoms with Gasteiger partial charge in [0.25, 0.3) is 5.91 Å². The molecule has 0 saturated heterocycles. The summed E-state index contributed by atoms with van der Waals surface area (Å²) in [4.78, 5) is 24.9. The number of amides is 2. The third-order valence-corrected chi connectivity index (χ3v) is 3.85. The largest absolute Gasteiger partial charge is 0.494 e. The van der Waals surface area contributed by atoms with Gasteiger partial charge in [-0.15, -0.1) is 0 Å². The second-order valence-electron chi connectivity index (χ2n) is 6.27. The molecule has 5 nitrogen and oxygen atoms in total. The molecule has 1 atom stereocenters. The Morgan fingerprint density at radius 2 is 1.74 bits per heavy atom. The van der Waals surface area contributed by atoms with Crippen LogP contribution in [0.3, 0.4) is 0 Å². The van der Waals surface area contributed by atoms with Crippen LogP contribution in [0.5, 0.6) is 5.75 Å². The number of hydrogen-bond acceptors (Lipinski definition) is 3. The maximum atomic E-state index is 13.7. The summed E-state index contributed by atoms with van der Waals surface area (Å²) in [5.41, 5.74) is 0.215. The van der Waals surface area contributed by atoms with Gasteiger partial charge in [-0.05, 0) is 49.2 Å². The first-order valence-electron chi connectivity index (χ1n) is 8.61. The molecule has 0 aliphatic heterocycles. The molecule has 0 spiro atoms. The van der Waals surface area contributed by atoms with E-state index in [9.17, 15) is 18.4 Å². The molecule has 2 aromatic carbocycles. The summed E-state index contributed by atoms with van der Waals surface area (Å²) in [7, 11) is 0. The molecule has 0 unspecified atom stereocenters. The minimum Gasteiger partial charge on any atom is -0.494 e. The number of ether oxygens (including phenoxy) is 1. The molecule has 0 heterocycles. The Labute approximate surface area is 156 Å². The second kappa shape index (κ2) is 9.12. The first-order chi connectivity index (χ1) is 12.8. The van der Waals surface area contributed by atoms with Crippen LogP contribution in [0.25, 0.3) is 0 Å². The zero-order chi connectivity index (χ0) is 20.0. The Bertz CT molecular complexity index is 807. The number of carbonyl (C=O) groups excluding carboxylic acids is 2. The van der Waals surface area contributed by atoms with Gasteiger partial charge in [-0.3, -0.25) is 9.59 Å². The minimum absolute atomic E-state index is 0.151. The maximum Gasteiger partial charge on any atom is 0.251 e. The van der Waals surface area contributed by atoms with E-state index in [2.05, 4.69) is 10.6 Å². The van der Waals surface area contributed by atoms with Crippen molar-refractivity contribution < 1.29 is 23.1 Å². The zero-order valence-corrected chi connectivity index (χ0v) is 15.4. The van der Waals surface area contributed by atoms with Crippen molar-refractivity contribution in [1.82, 2.24) is 5.32 Å². The SMILES string of the molecule is CCOc1ccc(C(=O)N[C@H](C(=O)Nc2ccc(F)cc2F)C(C)C)cc1. The van der Waals surface area contributed by atoms with Crippen molar-refractivity contribution in [1.29, 1.82) is 0 Å². The standard InChI is InChI=1S/C20H22F2N2O3/c1-4-27-15-8-5-13(6-9-15)19(25)24-18(12(2)3)20(26)23-17-10-7-14(21)11-16(17)22/h5-12,18H,4H2,1-3H3,(H,23,26)(H,24,25)/t18-/m0/s1. The van der Waals surface area contributed by atoms with Gasteiger partial charge >= 0.3 is 0 Å². The van der Waals surface area contributed by atoms with Gasteiger partial charge < -0.3 is 15.4 Å². The quantitative estimate of drug-likeness (QED) is 0.773. The van der Waals surface area contributed by atoms with Crippen LogP contribution in [0.1, 0.15) is 31.1 Å². The average Bonchev–Trinajstić information content (AvgIpc) is 2.62. The van der Waals surface area contributed by atoms with E-state index in [4.69, 9.17) is 4.74 Å². The van der Waals surface area contributed by atoms with Crippen LogP contribution >= 0.6 is 0 Å². The highest BCUT2D eigenvalue weighted by atomic mass is 19.1. The summed E-state index contributed by atoms with van der Waals surface area (Å²) < 4.78 is 32.1. The number of rotatable bonds is 7. The summed E-state index contributed by atoms with van der Waals surface area (Å²) in [6, 6.07) is 8.47. The molecule has 0 saturated carbocycles. The van der Waals surface area contributed by atoms with Crippen molar-refractivity contribution in [2.75, 3.05) is 11.9 Å². The van der Waals surface area contributed by atoms with Crippen molar-refractivity contribution in [2.45, 2.75) is 26.8 Å². The molecule has 0 aliphatic carbocycles. The van der Waals surface area contributed by atoms with Crippen molar-refractivity contribution in [3.05, 3.63) is 59.7 Å². The van der Waals surface area contributed by atoms with Gasteiger partial charge in [-0.25, -0.2) is 8.78 Å². The van der Waals surface area contributed by atoms with Crippen LogP contribution in [-0.2, 0) is 4.79 Å². The first kappa shape index (κ1) is 20.4. The molecule has 0 radical (unpaired) electrons. The van der Waals surface area contributed by atoms with Crippen LogP contribution in [0.2, 0.25) is 0 Å². The third-order valence-electron chi connectivity index (χ3n) is 3.85. The summed E-state index contributed by atoms with van der Waals surface area (Å²) in [5.74, 6) is -2.26. The highest BCUT2D eigenvalue weighted by Crippen LogP contribution is 2.17. The van der Waals surface area contributed by atoms with Gasteiger partial charge in [0.1, 0.15) is 23.4 Å². The molecule has 0 bridgehead atoms. The molecule has 2 N–H and O–H groups in total. The topological polar surface area (TPSA) is 67.4 Å². The lowest BCUT2D eigenvalue weighted by Crippen LogP contribution is -2.47. The summed E-state index contributed by atoms with van der Waals surface area (Å²) in [6.07, 6.45) is 0. The number of benzene rings is 2. The number of nitrogens with one attached hydrogen (secondary N) is 2. The van der Waals surface area contributed by atoms with Crippen LogP contribution in [0, 0.1) is 17.6 Å². The fourth-order valence-electron chi connectivity index (χ4n) is 2.43. The van der Waals surface area contributed by atoms with E-state index in [1.807, 2.05) is 6.92 Å². The molecule has 0 fully saturated rings. The molecule has 144 valence electrons. The molecular weight excluding hydrogens is 354 g/mol. The minimum atomic E-state index is -0.895. The molecule has 2 aromatic rings. The van der Waals surface area contributed by atoms with Crippen LogP contribution in [0.4, 0.5) is 14.5 Å². The number of hydrogen-bond donors (Lipinski definition) is 2. The monoisotopic (exact) mass is 376 g/mol. The fraction of sp³-hybridized carbons (Fsp3) is 0.300. The molecule has 7 heteroatoms. The fourth-order valence-corrected chi connectivity index (χ4v) is 2.43. The van der Waals surface area contributed by atoms with Crippen LogP contribution < -0.4 is 15.4 Å². The smallest absolute Gasteiger partial charge is 0.251 e. The predicted molar refractivity (Wildman–Crippen MR) is 98.7 cm³/mol. The Morgan fingerprint density at radius 3 is 2.30 bits per heavy atom. The van der Waals surface area contributed by atoms with Crippen molar-refractivity contribution >= 4 is 17.5 Å². The van der Waals surface area contributed by atoms with Gasteiger partial charge in [-0.1, -0.05) is 13.8 Å². The second-order valence-corrected chi connectivity index (χ2v) is 6.27. The normalized spacial score (nSPS) is 11.8. The molecular formula is C20H22F2N2O3. The number of anilines is 1. The lowest BCUT2D eigenvalue weighted by atomic mass is 10.0. The van der Waals surface area contributed by atoms with Crippen LogP contribution in [-0.4, -0.2) is 24.5 Å². The van der Waals surface area contributed by atoms with Gasteiger partial charge in [0.05, 0.1) is 12.3 Å². The Hall–Kier alpha value is -2.96. The maximum absolute atomic E-state index is 13.7. The third kappa shape index (κ3) is 5.51. The molecule has 27 heavy (non-hydrogen) atoms. The van der Waals surface area contributed by atoms with Crippen molar-refractivity contribution in [3.8, 4) is 5.75 Å². The number of carbonyl (C=O) groups is 2.